The molecular formula is C31H26N4O. The van der Waals surface area contributed by atoms with Crippen LogP contribution in [-0.4, -0.2) is 25.3 Å². The summed E-state index contributed by atoms with van der Waals surface area (Å²) in [6.07, 6.45) is 13.2. The lowest BCUT2D eigenvalue weighted by Gasteiger charge is -2.12. The van der Waals surface area contributed by atoms with Crippen LogP contribution in [0.25, 0.3) is 39.6 Å². The Bertz CT molecular complexity index is 1570. The zero-order valence-corrected chi connectivity index (χ0v) is 20.0. The molecule has 0 saturated carbocycles. The van der Waals surface area contributed by atoms with Crippen LogP contribution in [0.1, 0.15) is 40.7 Å². The molecule has 5 heteroatoms. The Labute approximate surface area is 210 Å². The van der Waals surface area contributed by atoms with Crippen molar-refractivity contribution in [2.45, 2.75) is 32.2 Å². The van der Waals surface area contributed by atoms with Gasteiger partial charge in [0.2, 0.25) is 0 Å². The molecule has 3 aromatic carbocycles. The van der Waals surface area contributed by atoms with Crippen molar-refractivity contribution < 1.29 is 4.79 Å². The summed E-state index contributed by atoms with van der Waals surface area (Å²) >= 11 is 0. The lowest BCUT2D eigenvalue weighted by atomic mass is 9.99. The Morgan fingerprint density at radius 2 is 1.72 bits per heavy atom. The Kier molecular flexibility index (Phi) is 5.96. The van der Waals surface area contributed by atoms with E-state index < -0.39 is 0 Å². The average molecular weight is 471 g/mol. The third kappa shape index (κ3) is 4.48. The highest BCUT2D eigenvalue weighted by Gasteiger charge is 2.16. The summed E-state index contributed by atoms with van der Waals surface area (Å²) in [4.78, 5) is 27.1. The summed E-state index contributed by atoms with van der Waals surface area (Å²) in [5, 5.41) is 0. The molecule has 1 aliphatic carbocycles. The molecule has 2 heterocycles. The number of aromatic nitrogens is 4. The van der Waals surface area contributed by atoms with Crippen LogP contribution >= 0.6 is 0 Å². The molecule has 0 aliphatic heterocycles. The van der Waals surface area contributed by atoms with Crippen LogP contribution in [0, 0.1) is 0 Å². The molecule has 6 rings (SSSR count). The van der Waals surface area contributed by atoms with Gasteiger partial charge in [-0.3, -0.25) is 4.79 Å². The Morgan fingerprint density at radius 1 is 0.861 bits per heavy atom. The summed E-state index contributed by atoms with van der Waals surface area (Å²) in [5.41, 5.74) is 8.53. The number of hydrogen-bond acceptors (Lipinski definition) is 4. The molecule has 0 amide bonds. The fourth-order valence-corrected chi connectivity index (χ4v) is 4.77. The molecule has 2 aromatic heterocycles. The summed E-state index contributed by atoms with van der Waals surface area (Å²) in [6, 6.07) is 22.4. The van der Waals surface area contributed by atoms with Crippen molar-refractivity contribution in [1.29, 1.82) is 0 Å². The van der Waals surface area contributed by atoms with Gasteiger partial charge in [0, 0.05) is 42.0 Å². The minimum atomic E-state index is 0.139. The summed E-state index contributed by atoms with van der Waals surface area (Å²) in [5.74, 6) is 0.139. The van der Waals surface area contributed by atoms with E-state index in [0.29, 0.717) is 12.0 Å². The normalized spacial score (nSPS) is 12.2. The Balaban J connectivity index is 1.32. The van der Waals surface area contributed by atoms with E-state index in [9.17, 15) is 4.79 Å². The number of carbonyl (C=O) groups excluding carboxylic acids is 1. The first kappa shape index (κ1) is 22.1. The van der Waals surface area contributed by atoms with Gasteiger partial charge in [-0.15, -0.1) is 0 Å². The number of ketones is 1. The molecule has 36 heavy (non-hydrogen) atoms. The summed E-state index contributed by atoms with van der Waals surface area (Å²) in [6.45, 7) is 0.873. The molecule has 176 valence electrons. The SMILES string of the molecule is O=C(CCCCn1ccnc1)c1ccc2nc(-c3ccc4c(c3)C=CC4)c(-c3ccccc3)nc2c1. The molecule has 0 unspecified atom stereocenters. The molecule has 0 radical (unpaired) electrons. The second-order valence-corrected chi connectivity index (χ2v) is 9.19. The summed E-state index contributed by atoms with van der Waals surface area (Å²) in [7, 11) is 0. The first-order chi connectivity index (χ1) is 17.7. The van der Waals surface area contributed by atoms with E-state index in [2.05, 4.69) is 47.5 Å². The molecule has 0 spiro atoms. The van der Waals surface area contributed by atoms with E-state index in [0.717, 1.165) is 59.4 Å². The zero-order chi connectivity index (χ0) is 24.3. The maximum atomic E-state index is 12.9. The van der Waals surface area contributed by atoms with Crippen LogP contribution in [0.15, 0.2) is 91.5 Å². The molecule has 0 atom stereocenters. The van der Waals surface area contributed by atoms with Crippen molar-refractivity contribution in [1.82, 2.24) is 19.5 Å². The highest BCUT2D eigenvalue weighted by atomic mass is 16.1. The predicted octanol–water partition coefficient (Wildman–Crippen LogP) is 6.78. The number of hydrogen-bond donors (Lipinski definition) is 0. The van der Waals surface area contributed by atoms with Crippen molar-refractivity contribution in [3.63, 3.8) is 0 Å². The van der Waals surface area contributed by atoms with Gasteiger partial charge in [-0.25, -0.2) is 15.0 Å². The lowest BCUT2D eigenvalue weighted by molar-refractivity contribution is 0.0979. The highest BCUT2D eigenvalue weighted by molar-refractivity contribution is 5.99. The van der Waals surface area contributed by atoms with E-state index in [1.54, 1.807) is 6.20 Å². The predicted molar refractivity (Wildman–Crippen MR) is 144 cm³/mol. The second-order valence-electron chi connectivity index (χ2n) is 9.19. The number of fused-ring (bicyclic) bond motifs is 2. The van der Waals surface area contributed by atoms with E-state index in [-0.39, 0.29) is 5.78 Å². The van der Waals surface area contributed by atoms with Gasteiger partial charge in [-0.1, -0.05) is 54.6 Å². The number of rotatable bonds is 8. The zero-order valence-electron chi connectivity index (χ0n) is 20.0. The third-order valence-electron chi connectivity index (χ3n) is 6.72. The molecule has 1 aliphatic rings. The van der Waals surface area contributed by atoms with Crippen molar-refractivity contribution in [3.05, 3.63) is 108 Å². The van der Waals surface area contributed by atoms with E-state index >= 15 is 0 Å². The van der Waals surface area contributed by atoms with Gasteiger partial charge in [0.05, 0.1) is 28.7 Å². The number of benzene rings is 3. The number of carbonyl (C=O) groups is 1. The third-order valence-corrected chi connectivity index (χ3v) is 6.72. The Morgan fingerprint density at radius 3 is 2.58 bits per heavy atom. The number of Topliss-reactive ketones (excluding diaryl/α,β-unsaturated/α-hetero) is 1. The largest absolute Gasteiger partial charge is 0.337 e. The van der Waals surface area contributed by atoms with Crippen LogP contribution in [0.2, 0.25) is 0 Å². The summed E-state index contributed by atoms with van der Waals surface area (Å²) < 4.78 is 2.04. The topological polar surface area (TPSA) is 60.7 Å². The van der Waals surface area contributed by atoms with E-state index in [1.165, 1.54) is 11.1 Å². The van der Waals surface area contributed by atoms with Crippen LogP contribution in [0.4, 0.5) is 0 Å². The maximum Gasteiger partial charge on any atom is 0.162 e. The monoisotopic (exact) mass is 470 g/mol. The second kappa shape index (κ2) is 9.70. The Hall–Kier alpha value is -4.38. The fraction of sp³-hybridized carbons (Fsp3) is 0.161. The maximum absolute atomic E-state index is 12.9. The van der Waals surface area contributed by atoms with Gasteiger partial charge in [0.25, 0.3) is 0 Å². The van der Waals surface area contributed by atoms with Crippen LogP contribution in [0.3, 0.4) is 0 Å². The number of imidazole rings is 1. The van der Waals surface area contributed by atoms with Crippen molar-refractivity contribution in [3.8, 4) is 22.5 Å². The van der Waals surface area contributed by atoms with Crippen molar-refractivity contribution in [2.75, 3.05) is 0 Å². The first-order valence-corrected chi connectivity index (χ1v) is 12.4. The number of nitrogens with zero attached hydrogens (tertiary/aromatic N) is 4. The molecule has 0 bridgehead atoms. The van der Waals surface area contributed by atoms with Gasteiger partial charge >= 0.3 is 0 Å². The van der Waals surface area contributed by atoms with Crippen LogP contribution < -0.4 is 0 Å². The first-order valence-electron chi connectivity index (χ1n) is 12.4. The lowest BCUT2D eigenvalue weighted by Crippen LogP contribution is -2.02. The molecule has 0 N–H and O–H groups in total. The number of allylic oxidation sites excluding steroid dienone is 1. The minimum Gasteiger partial charge on any atom is -0.337 e. The smallest absolute Gasteiger partial charge is 0.162 e. The average Bonchev–Trinajstić information content (AvgIpc) is 3.62. The van der Waals surface area contributed by atoms with E-state index in [4.69, 9.17) is 9.97 Å². The fourth-order valence-electron chi connectivity index (χ4n) is 4.77. The van der Waals surface area contributed by atoms with Gasteiger partial charge in [0.1, 0.15) is 0 Å². The quantitative estimate of drug-likeness (QED) is 0.185. The number of aryl methyl sites for hydroxylation is 1. The molecule has 0 fully saturated rings. The van der Waals surface area contributed by atoms with E-state index in [1.807, 2.05) is 53.5 Å². The molecule has 0 saturated heterocycles. The van der Waals surface area contributed by atoms with Crippen LogP contribution in [-0.2, 0) is 13.0 Å². The molecular weight excluding hydrogens is 444 g/mol. The van der Waals surface area contributed by atoms with Crippen LogP contribution in [0.5, 0.6) is 0 Å². The van der Waals surface area contributed by atoms with Gasteiger partial charge in [-0.2, -0.15) is 0 Å². The minimum absolute atomic E-state index is 0.139. The van der Waals surface area contributed by atoms with Gasteiger partial charge < -0.3 is 4.57 Å². The van der Waals surface area contributed by atoms with Gasteiger partial charge in [0.15, 0.2) is 5.78 Å². The molecule has 5 nitrogen and oxygen atoms in total. The van der Waals surface area contributed by atoms with Crippen molar-refractivity contribution >= 4 is 22.9 Å². The number of unbranched alkanes of at least 4 members (excludes halogenated alkanes) is 1. The van der Waals surface area contributed by atoms with Gasteiger partial charge in [-0.05, 0) is 54.7 Å². The van der Waals surface area contributed by atoms with Crippen molar-refractivity contribution in [2.24, 2.45) is 0 Å². The standard InChI is InChI=1S/C31H26N4O/c36-29(11-4-5-17-35-18-16-32-21-35)25-14-15-27-28(20-25)34-30(23-7-2-1-3-8-23)31(33-27)26-13-12-22-9-6-10-24(22)19-26/h1-3,6-8,10,12-16,18-21H,4-5,9,11,17H2. The molecule has 5 aromatic rings. The highest BCUT2D eigenvalue weighted by Crippen LogP contribution is 2.33.